The maximum absolute atomic E-state index is 13.1. The number of halogens is 3. The molecule has 0 aliphatic rings. The minimum Gasteiger partial charge on any atom is -0.508 e. The zero-order valence-corrected chi connectivity index (χ0v) is 15.1. The van der Waals surface area contributed by atoms with E-state index >= 15 is 0 Å². The average molecular weight is 378 g/mol. The van der Waals surface area contributed by atoms with Gasteiger partial charge in [-0.2, -0.15) is 13.2 Å². The first-order valence-corrected chi connectivity index (χ1v) is 8.82. The smallest absolute Gasteiger partial charge is 0.416 e. The number of hydrogen-bond acceptors (Lipinski definition) is 1. The second-order valence-electron chi connectivity index (χ2n) is 6.91. The monoisotopic (exact) mass is 378 g/mol. The van der Waals surface area contributed by atoms with Crippen molar-refractivity contribution in [2.45, 2.75) is 13.1 Å². The molecule has 0 fully saturated rings. The number of benzene rings is 4. The van der Waals surface area contributed by atoms with E-state index < -0.39 is 11.7 Å². The lowest BCUT2D eigenvalue weighted by atomic mass is 9.96. The molecule has 0 radical (unpaired) electrons. The summed E-state index contributed by atoms with van der Waals surface area (Å²) in [6.45, 7) is 1.67. The predicted molar refractivity (Wildman–Crippen MR) is 106 cm³/mol. The van der Waals surface area contributed by atoms with E-state index in [0.29, 0.717) is 11.1 Å². The van der Waals surface area contributed by atoms with Crippen LogP contribution in [0.4, 0.5) is 13.2 Å². The maximum Gasteiger partial charge on any atom is 0.416 e. The predicted octanol–water partition coefficient (Wildman–Crippen LogP) is 7.21. The first kappa shape index (κ1) is 18.1. The van der Waals surface area contributed by atoms with Crippen molar-refractivity contribution >= 4 is 10.8 Å². The molecule has 4 heteroatoms. The molecule has 0 atom stereocenters. The van der Waals surface area contributed by atoms with E-state index in [2.05, 4.69) is 0 Å². The Bertz CT molecular complexity index is 1160. The molecule has 0 spiro atoms. The lowest BCUT2D eigenvalue weighted by Gasteiger charge is -2.11. The van der Waals surface area contributed by atoms with Crippen LogP contribution in [-0.2, 0) is 6.18 Å². The lowest BCUT2D eigenvalue weighted by Crippen LogP contribution is -2.05. The van der Waals surface area contributed by atoms with Crippen LogP contribution in [0.1, 0.15) is 11.1 Å². The molecule has 4 aromatic rings. The van der Waals surface area contributed by atoms with E-state index in [0.717, 1.165) is 33.5 Å². The largest absolute Gasteiger partial charge is 0.508 e. The number of fused-ring (bicyclic) bond motifs is 1. The molecule has 0 heterocycles. The third-order valence-corrected chi connectivity index (χ3v) is 4.78. The van der Waals surface area contributed by atoms with Gasteiger partial charge in [-0.3, -0.25) is 0 Å². The van der Waals surface area contributed by atoms with E-state index in [1.807, 2.05) is 48.5 Å². The van der Waals surface area contributed by atoms with E-state index in [1.54, 1.807) is 25.1 Å². The van der Waals surface area contributed by atoms with Crippen LogP contribution in [0.5, 0.6) is 5.75 Å². The first-order valence-electron chi connectivity index (χ1n) is 8.82. The molecule has 0 saturated heterocycles. The fourth-order valence-corrected chi connectivity index (χ4v) is 3.38. The van der Waals surface area contributed by atoms with E-state index in [-0.39, 0.29) is 5.75 Å². The van der Waals surface area contributed by atoms with Crippen LogP contribution >= 0.6 is 0 Å². The van der Waals surface area contributed by atoms with E-state index in [1.165, 1.54) is 6.07 Å². The Balaban J connectivity index is 1.70. The molecule has 140 valence electrons. The Kier molecular flexibility index (Phi) is 4.34. The highest BCUT2D eigenvalue weighted by atomic mass is 19.4. The molecule has 0 saturated carbocycles. The third kappa shape index (κ3) is 3.58. The van der Waals surface area contributed by atoms with Crippen molar-refractivity contribution < 1.29 is 18.3 Å². The minimum atomic E-state index is -4.36. The van der Waals surface area contributed by atoms with Crippen LogP contribution in [0.25, 0.3) is 33.0 Å². The van der Waals surface area contributed by atoms with Gasteiger partial charge in [0.1, 0.15) is 5.75 Å². The topological polar surface area (TPSA) is 20.2 Å². The van der Waals surface area contributed by atoms with Crippen molar-refractivity contribution in [1.29, 1.82) is 0 Å². The van der Waals surface area contributed by atoms with Crippen LogP contribution in [0.2, 0.25) is 0 Å². The van der Waals surface area contributed by atoms with Gasteiger partial charge < -0.3 is 5.11 Å². The fraction of sp³-hybridized carbons (Fsp3) is 0.0833. The third-order valence-electron chi connectivity index (χ3n) is 4.78. The van der Waals surface area contributed by atoms with Gasteiger partial charge in [-0.15, -0.1) is 0 Å². The van der Waals surface area contributed by atoms with Gasteiger partial charge in [0.25, 0.3) is 0 Å². The molecule has 28 heavy (non-hydrogen) atoms. The molecule has 1 N–H and O–H groups in total. The molecular weight excluding hydrogens is 361 g/mol. The second kappa shape index (κ2) is 6.71. The summed E-state index contributed by atoms with van der Waals surface area (Å²) in [6, 6.07) is 22.7. The molecule has 0 aliphatic heterocycles. The summed E-state index contributed by atoms with van der Waals surface area (Å²) in [5.41, 5.74) is 3.21. The van der Waals surface area contributed by atoms with Crippen molar-refractivity contribution in [1.82, 2.24) is 0 Å². The quantitative estimate of drug-likeness (QED) is 0.391. The number of aryl methyl sites for hydroxylation is 1. The number of phenolic OH excluding ortho intramolecular Hbond substituents is 1. The molecular formula is C24H17F3O. The van der Waals surface area contributed by atoms with Crippen molar-refractivity contribution in [3.05, 3.63) is 90.0 Å². The number of hydrogen-bond donors (Lipinski definition) is 1. The number of phenols is 1. The van der Waals surface area contributed by atoms with Gasteiger partial charge in [-0.1, -0.05) is 48.5 Å². The minimum absolute atomic E-state index is 0.223. The fourth-order valence-electron chi connectivity index (χ4n) is 3.38. The summed E-state index contributed by atoms with van der Waals surface area (Å²) in [4.78, 5) is 0. The molecule has 4 aromatic carbocycles. The summed E-state index contributed by atoms with van der Waals surface area (Å²) in [5.74, 6) is 0.223. The van der Waals surface area contributed by atoms with Gasteiger partial charge in [0.05, 0.1) is 5.56 Å². The van der Waals surface area contributed by atoms with Crippen molar-refractivity contribution in [3.8, 4) is 28.0 Å². The van der Waals surface area contributed by atoms with Gasteiger partial charge in [-0.25, -0.2) is 0 Å². The van der Waals surface area contributed by atoms with Crippen molar-refractivity contribution in [3.63, 3.8) is 0 Å². The highest BCUT2D eigenvalue weighted by Crippen LogP contribution is 2.34. The summed E-state index contributed by atoms with van der Waals surface area (Å²) in [6.07, 6.45) is -4.36. The van der Waals surface area contributed by atoms with Gasteiger partial charge in [-0.05, 0) is 75.8 Å². The normalized spacial score (nSPS) is 11.7. The standard InChI is InChI=1S/C24H17F3O/c1-15-10-21(13-22(11-15)24(25,26)27)17-4-2-16(3-5-17)18-6-7-20-14-23(28)9-8-19(20)12-18/h2-14,28H,1H3. The number of alkyl halides is 3. The summed E-state index contributed by atoms with van der Waals surface area (Å²) in [7, 11) is 0. The molecule has 0 unspecified atom stereocenters. The summed E-state index contributed by atoms with van der Waals surface area (Å²) >= 11 is 0. The molecule has 0 bridgehead atoms. The maximum atomic E-state index is 13.1. The van der Waals surface area contributed by atoms with Crippen molar-refractivity contribution in [2.75, 3.05) is 0 Å². The SMILES string of the molecule is Cc1cc(-c2ccc(-c3ccc4cc(O)ccc4c3)cc2)cc(C(F)(F)F)c1. The molecule has 0 amide bonds. The average Bonchev–Trinajstić information content (AvgIpc) is 2.66. The Hall–Kier alpha value is -3.27. The molecule has 0 aromatic heterocycles. The number of aromatic hydroxyl groups is 1. The van der Waals surface area contributed by atoms with E-state index in [9.17, 15) is 18.3 Å². The Morgan fingerprint density at radius 2 is 1.18 bits per heavy atom. The van der Waals surface area contributed by atoms with Gasteiger partial charge in [0.15, 0.2) is 0 Å². The Labute approximate surface area is 160 Å². The zero-order chi connectivity index (χ0) is 19.9. The molecule has 4 rings (SSSR count). The Morgan fingerprint density at radius 1 is 0.607 bits per heavy atom. The van der Waals surface area contributed by atoms with Gasteiger partial charge >= 0.3 is 6.18 Å². The van der Waals surface area contributed by atoms with E-state index in [4.69, 9.17) is 0 Å². The van der Waals surface area contributed by atoms with Crippen molar-refractivity contribution in [2.24, 2.45) is 0 Å². The molecule has 1 nitrogen and oxygen atoms in total. The summed E-state index contributed by atoms with van der Waals surface area (Å²) < 4.78 is 39.3. The van der Waals surface area contributed by atoms with Crippen LogP contribution in [-0.4, -0.2) is 5.11 Å². The highest BCUT2D eigenvalue weighted by Gasteiger charge is 2.30. The van der Waals surface area contributed by atoms with Gasteiger partial charge in [0, 0.05) is 0 Å². The van der Waals surface area contributed by atoms with Crippen LogP contribution in [0.3, 0.4) is 0 Å². The Morgan fingerprint density at radius 3 is 1.86 bits per heavy atom. The zero-order valence-electron chi connectivity index (χ0n) is 15.1. The summed E-state index contributed by atoms with van der Waals surface area (Å²) in [5, 5.41) is 11.5. The number of rotatable bonds is 2. The molecule has 0 aliphatic carbocycles. The van der Waals surface area contributed by atoms with Crippen LogP contribution < -0.4 is 0 Å². The first-order chi connectivity index (χ1) is 13.3. The van der Waals surface area contributed by atoms with Crippen LogP contribution in [0, 0.1) is 6.92 Å². The lowest BCUT2D eigenvalue weighted by molar-refractivity contribution is -0.137. The highest BCUT2D eigenvalue weighted by molar-refractivity contribution is 5.88. The van der Waals surface area contributed by atoms with Crippen LogP contribution in [0.15, 0.2) is 78.9 Å². The van der Waals surface area contributed by atoms with Gasteiger partial charge in [0.2, 0.25) is 0 Å². The second-order valence-corrected chi connectivity index (χ2v) is 6.91.